The van der Waals surface area contributed by atoms with Gasteiger partial charge in [0.05, 0.1) is 7.11 Å². The highest BCUT2D eigenvalue weighted by molar-refractivity contribution is 5.32. The van der Waals surface area contributed by atoms with E-state index in [0.717, 1.165) is 18.6 Å². The van der Waals surface area contributed by atoms with Crippen LogP contribution in [0.5, 0.6) is 5.75 Å². The SMILES string of the molecule is CC[C@H](c1ccc(OC)cc1)[C@@H](CC)c1ccncc1. The first kappa shape index (κ1) is 14.6. The molecule has 1 heterocycles. The summed E-state index contributed by atoms with van der Waals surface area (Å²) in [6, 6.07) is 12.8. The van der Waals surface area contributed by atoms with Crippen LogP contribution in [0, 0.1) is 0 Å². The number of nitrogens with zero attached hydrogens (tertiary/aromatic N) is 1. The van der Waals surface area contributed by atoms with Crippen LogP contribution in [-0.2, 0) is 0 Å². The van der Waals surface area contributed by atoms with Crippen molar-refractivity contribution in [1.29, 1.82) is 0 Å². The number of benzene rings is 1. The highest BCUT2D eigenvalue weighted by Crippen LogP contribution is 2.38. The number of ether oxygens (including phenoxy) is 1. The number of aromatic nitrogens is 1. The van der Waals surface area contributed by atoms with Gasteiger partial charge in [-0.15, -0.1) is 0 Å². The lowest BCUT2D eigenvalue weighted by Gasteiger charge is -2.26. The largest absolute Gasteiger partial charge is 0.497 e. The summed E-state index contributed by atoms with van der Waals surface area (Å²) in [5.74, 6) is 1.99. The minimum absolute atomic E-state index is 0.535. The Morgan fingerprint density at radius 1 is 0.850 bits per heavy atom. The normalized spacial score (nSPS) is 13.8. The molecule has 0 saturated heterocycles. The van der Waals surface area contributed by atoms with Gasteiger partial charge < -0.3 is 4.74 Å². The summed E-state index contributed by atoms with van der Waals surface area (Å²) in [5.41, 5.74) is 2.77. The lowest BCUT2D eigenvalue weighted by atomic mass is 9.78. The number of pyridine rings is 1. The van der Waals surface area contributed by atoms with Gasteiger partial charge in [-0.1, -0.05) is 26.0 Å². The molecular weight excluding hydrogens is 246 g/mol. The number of hydrogen-bond acceptors (Lipinski definition) is 2. The smallest absolute Gasteiger partial charge is 0.118 e. The van der Waals surface area contributed by atoms with Crippen molar-refractivity contribution in [3.8, 4) is 5.75 Å². The summed E-state index contributed by atoms with van der Waals surface area (Å²) in [5, 5.41) is 0. The van der Waals surface area contributed by atoms with Crippen molar-refractivity contribution in [3.63, 3.8) is 0 Å². The Kier molecular flexibility index (Phi) is 5.16. The molecule has 0 saturated carbocycles. The summed E-state index contributed by atoms with van der Waals surface area (Å²) in [7, 11) is 1.71. The lowest BCUT2D eigenvalue weighted by molar-refractivity contribution is 0.414. The van der Waals surface area contributed by atoms with E-state index in [1.165, 1.54) is 11.1 Å². The second-order valence-electron chi connectivity index (χ2n) is 5.08. The molecule has 0 aliphatic carbocycles. The van der Waals surface area contributed by atoms with Crippen molar-refractivity contribution < 1.29 is 4.74 Å². The van der Waals surface area contributed by atoms with E-state index in [4.69, 9.17) is 4.74 Å². The third-order valence-corrected chi connectivity index (χ3v) is 4.04. The first-order chi connectivity index (χ1) is 9.80. The van der Waals surface area contributed by atoms with E-state index >= 15 is 0 Å². The van der Waals surface area contributed by atoms with E-state index in [2.05, 4.69) is 55.2 Å². The molecule has 2 heteroatoms. The Bertz CT molecular complexity index is 507. The minimum atomic E-state index is 0.535. The van der Waals surface area contributed by atoms with E-state index in [0.29, 0.717) is 11.8 Å². The molecule has 1 aromatic carbocycles. The Hall–Kier alpha value is -1.83. The van der Waals surface area contributed by atoms with Crippen molar-refractivity contribution in [2.24, 2.45) is 0 Å². The van der Waals surface area contributed by atoms with E-state index in [1.54, 1.807) is 7.11 Å². The summed E-state index contributed by atoms with van der Waals surface area (Å²) in [6.45, 7) is 4.52. The van der Waals surface area contributed by atoms with Gasteiger partial charge in [-0.05, 0) is 60.1 Å². The van der Waals surface area contributed by atoms with Crippen molar-refractivity contribution in [2.75, 3.05) is 7.11 Å². The van der Waals surface area contributed by atoms with Crippen LogP contribution in [0.3, 0.4) is 0 Å². The molecule has 0 bridgehead atoms. The molecule has 0 amide bonds. The summed E-state index contributed by atoms with van der Waals surface area (Å²) in [6.07, 6.45) is 6.04. The van der Waals surface area contributed by atoms with Crippen LogP contribution < -0.4 is 4.74 Å². The molecule has 0 unspecified atom stereocenters. The van der Waals surface area contributed by atoms with E-state index in [-0.39, 0.29) is 0 Å². The molecular formula is C18H23NO. The molecule has 20 heavy (non-hydrogen) atoms. The van der Waals surface area contributed by atoms with Crippen LogP contribution in [0.4, 0.5) is 0 Å². The second kappa shape index (κ2) is 7.09. The van der Waals surface area contributed by atoms with Crippen LogP contribution in [0.15, 0.2) is 48.8 Å². The predicted octanol–water partition coefficient (Wildman–Crippen LogP) is 4.78. The van der Waals surface area contributed by atoms with Crippen molar-refractivity contribution in [2.45, 2.75) is 38.5 Å². The topological polar surface area (TPSA) is 22.1 Å². The van der Waals surface area contributed by atoms with Gasteiger partial charge in [0.15, 0.2) is 0 Å². The summed E-state index contributed by atoms with van der Waals surface area (Å²) in [4.78, 5) is 4.13. The highest BCUT2D eigenvalue weighted by atomic mass is 16.5. The molecule has 106 valence electrons. The Labute approximate surface area is 121 Å². The average molecular weight is 269 g/mol. The van der Waals surface area contributed by atoms with Crippen molar-refractivity contribution in [3.05, 3.63) is 59.9 Å². The molecule has 0 N–H and O–H groups in total. The van der Waals surface area contributed by atoms with Crippen LogP contribution in [0.1, 0.15) is 49.7 Å². The van der Waals surface area contributed by atoms with Gasteiger partial charge in [0, 0.05) is 12.4 Å². The summed E-state index contributed by atoms with van der Waals surface area (Å²) >= 11 is 0. The van der Waals surface area contributed by atoms with E-state index in [9.17, 15) is 0 Å². The third-order valence-electron chi connectivity index (χ3n) is 4.04. The van der Waals surface area contributed by atoms with Crippen molar-refractivity contribution >= 4 is 0 Å². The second-order valence-corrected chi connectivity index (χ2v) is 5.08. The van der Waals surface area contributed by atoms with Gasteiger partial charge in [-0.2, -0.15) is 0 Å². The molecule has 2 atom stereocenters. The molecule has 2 rings (SSSR count). The van der Waals surface area contributed by atoms with Gasteiger partial charge in [0.25, 0.3) is 0 Å². The Balaban J connectivity index is 2.29. The van der Waals surface area contributed by atoms with E-state index < -0.39 is 0 Å². The zero-order valence-electron chi connectivity index (χ0n) is 12.5. The average Bonchev–Trinajstić information content (AvgIpc) is 2.53. The molecule has 0 aliphatic rings. The first-order valence-electron chi connectivity index (χ1n) is 7.34. The lowest BCUT2D eigenvalue weighted by Crippen LogP contribution is -2.10. The third kappa shape index (κ3) is 3.19. The number of rotatable bonds is 6. The van der Waals surface area contributed by atoms with Gasteiger partial charge >= 0.3 is 0 Å². The molecule has 2 aromatic rings. The summed E-state index contributed by atoms with van der Waals surface area (Å²) < 4.78 is 5.25. The van der Waals surface area contributed by atoms with E-state index in [1.807, 2.05) is 12.4 Å². The first-order valence-corrected chi connectivity index (χ1v) is 7.34. The minimum Gasteiger partial charge on any atom is -0.497 e. The molecule has 0 radical (unpaired) electrons. The standard InChI is InChI=1S/C18H23NO/c1-4-17(14-6-8-16(20-3)9-7-14)18(5-2)15-10-12-19-13-11-15/h6-13,17-18H,4-5H2,1-3H3/t17-,18+/m1/s1. The quantitative estimate of drug-likeness (QED) is 0.753. The molecule has 0 aliphatic heterocycles. The fourth-order valence-corrected chi connectivity index (χ4v) is 2.97. The molecule has 2 nitrogen and oxygen atoms in total. The Morgan fingerprint density at radius 3 is 1.80 bits per heavy atom. The van der Waals surface area contributed by atoms with Crippen LogP contribution >= 0.6 is 0 Å². The monoisotopic (exact) mass is 269 g/mol. The zero-order valence-corrected chi connectivity index (χ0v) is 12.5. The number of methoxy groups -OCH3 is 1. The van der Waals surface area contributed by atoms with Crippen LogP contribution in [0.2, 0.25) is 0 Å². The molecule has 1 aromatic heterocycles. The van der Waals surface area contributed by atoms with Gasteiger partial charge in [-0.25, -0.2) is 0 Å². The number of hydrogen-bond donors (Lipinski definition) is 0. The van der Waals surface area contributed by atoms with Crippen LogP contribution in [-0.4, -0.2) is 12.1 Å². The highest BCUT2D eigenvalue weighted by Gasteiger charge is 2.21. The fraction of sp³-hybridized carbons (Fsp3) is 0.389. The van der Waals surface area contributed by atoms with Gasteiger partial charge in [-0.3, -0.25) is 4.98 Å². The van der Waals surface area contributed by atoms with Crippen molar-refractivity contribution in [1.82, 2.24) is 4.98 Å². The maximum absolute atomic E-state index is 5.25. The molecule has 0 fully saturated rings. The predicted molar refractivity (Wildman–Crippen MR) is 83.3 cm³/mol. The van der Waals surface area contributed by atoms with Gasteiger partial charge in [0.1, 0.15) is 5.75 Å². The molecule has 0 spiro atoms. The fourth-order valence-electron chi connectivity index (χ4n) is 2.97. The van der Waals surface area contributed by atoms with Gasteiger partial charge in [0.2, 0.25) is 0 Å². The Morgan fingerprint density at radius 2 is 1.35 bits per heavy atom. The maximum Gasteiger partial charge on any atom is 0.118 e. The zero-order chi connectivity index (χ0) is 14.4. The maximum atomic E-state index is 5.25. The van der Waals surface area contributed by atoms with Crippen LogP contribution in [0.25, 0.3) is 0 Å².